The van der Waals surface area contributed by atoms with Crippen LogP contribution in [0.15, 0.2) is 47.4 Å². The number of aryl methyl sites for hydroxylation is 2. The van der Waals surface area contributed by atoms with E-state index < -0.39 is 23.1 Å². The van der Waals surface area contributed by atoms with Gasteiger partial charge in [0.05, 0.1) is 11.1 Å². The van der Waals surface area contributed by atoms with Gasteiger partial charge in [-0.3, -0.25) is 9.59 Å². The molecule has 28 heavy (non-hydrogen) atoms. The number of anilines is 1. The smallest absolute Gasteiger partial charge is 0.346 e. The standard InChI is InChI=1S/C20H16ClF3N2O2/c1-3-26-10-15(18(27)14-7-8-16(21)11(2)17(14)26)19(28)25-13-6-4-5-12(9-13)20(22,23)24/h4-10H,3H2,1-2H3,(H,25,28). The summed E-state index contributed by atoms with van der Waals surface area (Å²) < 4.78 is 40.3. The van der Waals surface area contributed by atoms with Crippen molar-refractivity contribution in [1.29, 1.82) is 0 Å². The van der Waals surface area contributed by atoms with Crippen LogP contribution in [0.25, 0.3) is 10.9 Å². The topological polar surface area (TPSA) is 51.1 Å². The van der Waals surface area contributed by atoms with Crippen LogP contribution in [0, 0.1) is 6.92 Å². The molecule has 3 aromatic rings. The van der Waals surface area contributed by atoms with Crippen molar-refractivity contribution >= 4 is 34.1 Å². The lowest BCUT2D eigenvalue weighted by molar-refractivity contribution is -0.137. The monoisotopic (exact) mass is 408 g/mol. The minimum atomic E-state index is -4.53. The first kappa shape index (κ1) is 19.9. The summed E-state index contributed by atoms with van der Waals surface area (Å²) in [7, 11) is 0. The summed E-state index contributed by atoms with van der Waals surface area (Å²) >= 11 is 6.14. The third-order valence-corrected chi connectivity index (χ3v) is 4.87. The van der Waals surface area contributed by atoms with Crippen LogP contribution in [0.5, 0.6) is 0 Å². The summed E-state index contributed by atoms with van der Waals surface area (Å²) in [5, 5.41) is 3.19. The molecular formula is C20H16ClF3N2O2. The molecule has 0 fully saturated rings. The lowest BCUT2D eigenvalue weighted by atomic mass is 10.1. The van der Waals surface area contributed by atoms with Gasteiger partial charge >= 0.3 is 6.18 Å². The zero-order valence-electron chi connectivity index (χ0n) is 15.0. The van der Waals surface area contributed by atoms with Gasteiger partial charge in [-0.15, -0.1) is 0 Å². The van der Waals surface area contributed by atoms with Gasteiger partial charge in [0.2, 0.25) is 5.43 Å². The van der Waals surface area contributed by atoms with Gasteiger partial charge < -0.3 is 9.88 Å². The molecule has 0 saturated carbocycles. The Labute approximate surface area is 163 Å². The maximum atomic E-state index is 12.9. The summed E-state index contributed by atoms with van der Waals surface area (Å²) in [6, 6.07) is 7.36. The number of hydrogen-bond acceptors (Lipinski definition) is 2. The highest BCUT2D eigenvalue weighted by Crippen LogP contribution is 2.31. The average Bonchev–Trinajstić information content (AvgIpc) is 2.64. The van der Waals surface area contributed by atoms with E-state index in [-0.39, 0.29) is 11.3 Å². The number of halogens is 4. The summed E-state index contributed by atoms with van der Waals surface area (Å²) in [6.07, 6.45) is -3.13. The van der Waals surface area contributed by atoms with Gasteiger partial charge in [-0.05, 0) is 49.7 Å². The number of aromatic nitrogens is 1. The molecule has 0 aliphatic carbocycles. The summed E-state index contributed by atoms with van der Waals surface area (Å²) in [6.45, 7) is 4.10. The number of pyridine rings is 1. The van der Waals surface area contributed by atoms with Crippen molar-refractivity contribution in [3.63, 3.8) is 0 Å². The number of hydrogen-bond donors (Lipinski definition) is 1. The van der Waals surface area contributed by atoms with Crippen LogP contribution in [0.4, 0.5) is 18.9 Å². The van der Waals surface area contributed by atoms with Crippen LogP contribution in [-0.4, -0.2) is 10.5 Å². The van der Waals surface area contributed by atoms with Crippen LogP contribution >= 0.6 is 11.6 Å². The van der Waals surface area contributed by atoms with Crippen LogP contribution in [-0.2, 0) is 12.7 Å². The summed E-state index contributed by atoms with van der Waals surface area (Å²) in [4.78, 5) is 25.4. The maximum Gasteiger partial charge on any atom is 0.416 e. The molecule has 3 rings (SSSR count). The predicted octanol–water partition coefficient (Wildman–Crippen LogP) is 5.25. The third kappa shape index (κ3) is 3.62. The molecular weight excluding hydrogens is 393 g/mol. The maximum absolute atomic E-state index is 12.9. The molecule has 8 heteroatoms. The molecule has 1 aromatic heterocycles. The Morgan fingerprint density at radius 1 is 1.21 bits per heavy atom. The number of nitrogens with one attached hydrogen (secondary N) is 1. The summed E-state index contributed by atoms with van der Waals surface area (Å²) in [5.74, 6) is -0.777. The zero-order chi connectivity index (χ0) is 20.6. The first-order chi connectivity index (χ1) is 13.1. The van der Waals surface area contributed by atoms with Crippen molar-refractivity contribution in [2.45, 2.75) is 26.6 Å². The Hall–Kier alpha value is -2.80. The minimum Gasteiger partial charge on any atom is -0.346 e. The first-order valence-electron chi connectivity index (χ1n) is 8.44. The Morgan fingerprint density at radius 3 is 2.57 bits per heavy atom. The van der Waals surface area contributed by atoms with E-state index in [4.69, 9.17) is 11.6 Å². The molecule has 2 aromatic carbocycles. The van der Waals surface area contributed by atoms with Gasteiger partial charge in [-0.2, -0.15) is 13.2 Å². The van der Waals surface area contributed by atoms with E-state index in [2.05, 4.69) is 5.32 Å². The normalized spacial score (nSPS) is 11.6. The number of nitrogens with zero attached hydrogens (tertiary/aromatic N) is 1. The highest BCUT2D eigenvalue weighted by Gasteiger charge is 2.30. The Kier molecular flexibility index (Phi) is 5.21. The quantitative estimate of drug-likeness (QED) is 0.643. The second-order valence-electron chi connectivity index (χ2n) is 6.26. The van der Waals surface area contributed by atoms with E-state index in [0.29, 0.717) is 28.0 Å². The minimum absolute atomic E-state index is 0.0466. The molecule has 1 amide bonds. The number of amides is 1. The molecule has 1 N–H and O–H groups in total. The molecule has 0 saturated heterocycles. The van der Waals surface area contributed by atoms with Crippen molar-refractivity contribution < 1.29 is 18.0 Å². The molecule has 0 spiro atoms. The highest BCUT2D eigenvalue weighted by molar-refractivity contribution is 6.32. The Morgan fingerprint density at radius 2 is 1.93 bits per heavy atom. The van der Waals surface area contributed by atoms with Gasteiger partial charge in [0.15, 0.2) is 0 Å². The first-order valence-corrected chi connectivity index (χ1v) is 8.82. The lowest BCUT2D eigenvalue weighted by Crippen LogP contribution is -2.24. The van der Waals surface area contributed by atoms with E-state index in [1.807, 2.05) is 6.92 Å². The van der Waals surface area contributed by atoms with Gasteiger partial charge in [-0.25, -0.2) is 0 Å². The van der Waals surface area contributed by atoms with E-state index in [1.165, 1.54) is 18.3 Å². The molecule has 0 atom stereocenters. The van der Waals surface area contributed by atoms with Crippen LogP contribution < -0.4 is 10.7 Å². The number of benzene rings is 2. The molecule has 4 nitrogen and oxygen atoms in total. The van der Waals surface area contributed by atoms with E-state index in [1.54, 1.807) is 23.6 Å². The van der Waals surface area contributed by atoms with Crippen LogP contribution in [0.1, 0.15) is 28.4 Å². The van der Waals surface area contributed by atoms with Gasteiger partial charge in [-0.1, -0.05) is 17.7 Å². The Bertz CT molecular complexity index is 1140. The second kappa shape index (κ2) is 7.31. The number of carbonyl (C=O) groups is 1. The molecule has 0 radical (unpaired) electrons. The van der Waals surface area contributed by atoms with Crippen LogP contribution in [0.3, 0.4) is 0 Å². The fourth-order valence-corrected chi connectivity index (χ4v) is 3.19. The lowest BCUT2D eigenvalue weighted by Gasteiger charge is -2.15. The van der Waals surface area contributed by atoms with E-state index in [0.717, 1.165) is 12.1 Å². The second-order valence-corrected chi connectivity index (χ2v) is 6.67. The molecule has 0 aliphatic rings. The fourth-order valence-electron chi connectivity index (χ4n) is 3.04. The third-order valence-electron chi connectivity index (χ3n) is 4.46. The number of fused-ring (bicyclic) bond motifs is 1. The van der Waals surface area contributed by atoms with Crippen LogP contribution in [0.2, 0.25) is 5.02 Å². The van der Waals surface area contributed by atoms with E-state index in [9.17, 15) is 22.8 Å². The number of alkyl halides is 3. The largest absolute Gasteiger partial charge is 0.416 e. The molecule has 0 aliphatic heterocycles. The SMILES string of the molecule is CCn1cc(C(=O)Nc2cccc(C(F)(F)F)c2)c(=O)c2ccc(Cl)c(C)c21. The zero-order valence-corrected chi connectivity index (χ0v) is 15.8. The van der Waals surface area contributed by atoms with Crippen molar-refractivity contribution in [2.24, 2.45) is 0 Å². The molecule has 0 unspecified atom stereocenters. The van der Waals surface area contributed by atoms with Crippen molar-refractivity contribution in [3.05, 3.63) is 74.5 Å². The molecule has 1 heterocycles. The Balaban J connectivity index is 2.07. The van der Waals surface area contributed by atoms with Gasteiger partial charge in [0.25, 0.3) is 5.91 Å². The highest BCUT2D eigenvalue weighted by atomic mass is 35.5. The number of rotatable bonds is 3. The van der Waals surface area contributed by atoms with E-state index >= 15 is 0 Å². The predicted molar refractivity (Wildman–Crippen MR) is 103 cm³/mol. The van der Waals surface area contributed by atoms with Crippen molar-refractivity contribution in [1.82, 2.24) is 4.57 Å². The average molecular weight is 409 g/mol. The fraction of sp³-hybridized carbons (Fsp3) is 0.200. The number of carbonyl (C=O) groups excluding carboxylic acids is 1. The van der Waals surface area contributed by atoms with Gasteiger partial charge in [0.1, 0.15) is 5.56 Å². The van der Waals surface area contributed by atoms with Crippen molar-refractivity contribution in [3.8, 4) is 0 Å². The van der Waals surface area contributed by atoms with Crippen molar-refractivity contribution in [2.75, 3.05) is 5.32 Å². The summed E-state index contributed by atoms with van der Waals surface area (Å²) in [5.41, 5.74) is -0.272. The molecule has 146 valence electrons. The van der Waals surface area contributed by atoms with Gasteiger partial charge in [0, 0.05) is 28.8 Å². The molecule has 0 bridgehead atoms.